The Hall–Kier alpha value is -0.930. The third kappa shape index (κ3) is 3.27. The van der Waals surface area contributed by atoms with E-state index in [-0.39, 0.29) is 0 Å². The van der Waals surface area contributed by atoms with Gasteiger partial charge >= 0.3 is 0 Å². The fourth-order valence-electron chi connectivity index (χ4n) is 1.47. The number of hydrogen-bond acceptors (Lipinski definition) is 7. The van der Waals surface area contributed by atoms with Crippen molar-refractivity contribution in [3.63, 3.8) is 0 Å². The number of aliphatic hydroxyl groups excluding tert-OH is 4. The van der Waals surface area contributed by atoms with Crippen molar-refractivity contribution < 1.29 is 29.9 Å². The molecular formula is C8H15N3O6. The first-order chi connectivity index (χ1) is 8.01. The van der Waals surface area contributed by atoms with E-state index in [9.17, 15) is 15.3 Å². The number of hydrogen-bond donors (Lipinski definition) is 4. The van der Waals surface area contributed by atoms with E-state index in [1.54, 1.807) is 0 Å². The molecule has 1 heterocycles. The Balaban J connectivity index is 2.68. The van der Waals surface area contributed by atoms with Gasteiger partial charge in [0.2, 0.25) is 0 Å². The van der Waals surface area contributed by atoms with Gasteiger partial charge in [-0.15, -0.1) is 0 Å². The Morgan fingerprint density at radius 3 is 2.53 bits per heavy atom. The SMILES string of the molecule is CC(N=[N+]=[N-])O[C@H]1O[C@H](CO)[C@@H](O)[C@H](O)[C@@H]1O. The topological polar surface area (TPSA) is 148 Å². The maximum atomic E-state index is 9.56. The Morgan fingerprint density at radius 2 is 2.00 bits per heavy atom. The van der Waals surface area contributed by atoms with E-state index in [1.807, 2.05) is 0 Å². The summed E-state index contributed by atoms with van der Waals surface area (Å²) in [6, 6.07) is 0. The fraction of sp³-hybridized carbons (Fsp3) is 1.00. The minimum atomic E-state index is -1.51. The maximum Gasteiger partial charge on any atom is 0.187 e. The van der Waals surface area contributed by atoms with Crippen molar-refractivity contribution in [2.75, 3.05) is 6.61 Å². The highest BCUT2D eigenvalue weighted by molar-refractivity contribution is 4.89. The van der Waals surface area contributed by atoms with Crippen LogP contribution in [-0.4, -0.2) is 64.0 Å². The summed E-state index contributed by atoms with van der Waals surface area (Å²) < 4.78 is 10.1. The van der Waals surface area contributed by atoms with Gasteiger partial charge in [-0.05, 0) is 12.5 Å². The van der Waals surface area contributed by atoms with E-state index in [4.69, 9.17) is 20.1 Å². The lowest BCUT2D eigenvalue weighted by Crippen LogP contribution is -2.59. The lowest BCUT2D eigenvalue weighted by molar-refractivity contribution is -0.309. The highest BCUT2D eigenvalue weighted by atomic mass is 16.7. The molecule has 0 aromatic carbocycles. The number of azide groups is 1. The largest absolute Gasteiger partial charge is 0.394 e. The van der Waals surface area contributed by atoms with Gasteiger partial charge in [0.1, 0.15) is 30.6 Å². The Morgan fingerprint density at radius 1 is 1.35 bits per heavy atom. The molecule has 0 aromatic rings. The van der Waals surface area contributed by atoms with Crippen LogP contribution in [-0.2, 0) is 9.47 Å². The van der Waals surface area contributed by atoms with Crippen LogP contribution in [0.5, 0.6) is 0 Å². The van der Waals surface area contributed by atoms with Crippen LogP contribution in [0.3, 0.4) is 0 Å². The average molecular weight is 249 g/mol. The van der Waals surface area contributed by atoms with Crippen molar-refractivity contribution in [1.82, 2.24) is 0 Å². The predicted octanol–water partition coefficient (Wildman–Crippen LogP) is -1.54. The van der Waals surface area contributed by atoms with Crippen LogP contribution in [0.25, 0.3) is 10.4 Å². The molecule has 4 N–H and O–H groups in total. The van der Waals surface area contributed by atoms with Gasteiger partial charge in [-0.3, -0.25) is 0 Å². The van der Waals surface area contributed by atoms with Gasteiger partial charge < -0.3 is 29.9 Å². The lowest BCUT2D eigenvalue weighted by Gasteiger charge is -2.40. The fourth-order valence-corrected chi connectivity index (χ4v) is 1.47. The smallest absolute Gasteiger partial charge is 0.187 e. The van der Waals surface area contributed by atoms with Crippen molar-refractivity contribution in [1.29, 1.82) is 0 Å². The second-order valence-corrected chi connectivity index (χ2v) is 3.64. The van der Waals surface area contributed by atoms with E-state index in [2.05, 4.69) is 10.0 Å². The van der Waals surface area contributed by atoms with E-state index < -0.39 is 43.5 Å². The molecule has 0 radical (unpaired) electrons. The third-order valence-electron chi connectivity index (χ3n) is 2.39. The molecule has 9 nitrogen and oxygen atoms in total. The van der Waals surface area contributed by atoms with Gasteiger partial charge in [0, 0.05) is 4.91 Å². The summed E-state index contributed by atoms with van der Waals surface area (Å²) in [6.45, 7) is 0.877. The van der Waals surface area contributed by atoms with Crippen LogP contribution in [0.4, 0.5) is 0 Å². The number of nitrogens with zero attached hydrogens (tertiary/aromatic N) is 3. The van der Waals surface area contributed by atoms with E-state index >= 15 is 0 Å². The summed E-state index contributed by atoms with van der Waals surface area (Å²) in [7, 11) is 0. The van der Waals surface area contributed by atoms with Crippen molar-refractivity contribution >= 4 is 0 Å². The van der Waals surface area contributed by atoms with Gasteiger partial charge in [-0.25, -0.2) is 0 Å². The van der Waals surface area contributed by atoms with Crippen molar-refractivity contribution in [2.45, 2.75) is 43.9 Å². The summed E-state index contributed by atoms with van der Waals surface area (Å²) in [5, 5.41) is 40.6. The zero-order valence-electron chi connectivity index (χ0n) is 9.12. The summed E-state index contributed by atoms with van der Waals surface area (Å²) in [5.41, 5.74) is 8.17. The third-order valence-corrected chi connectivity index (χ3v) is 2.39. The van der Waals surface area contributed by atoms with Crippen molar-refractivity contribution in [3.8, 4) is 0 Å². The van der Waals surface area contributed by atoms with Gasteiger partial charge in [-0.2, -0.15) is 0 Å². The molecule has 0 aliphatic carbocycles. The van der Waals surface area contributed by atoms with Crippen LogP contribution < -0.4 is 0 Å². The molecule has 0 saturated carbocycles. The van der Waals surface area contributed by atoms with Gasteiger partial charge in [-0.1, -0.05) is 5.11 Å². The zero-order valence-corrected chi connectivity index (χ0v) is 9.12. The maximum absolute atomic E-state index is 9.56. The number of aliphatic hydroxyl groups is 4. The summed E-state index contributed by atoms with van der Waals surface area (Å²) in [4.78, 5) is 2.50. The van der Waals surface area contributed by atoms with Crippen LogP contribution >= 0.6 is 0 Å². The molecular weight excluding hydrogens is 234 g/mol. The predicted molar refractivity (Wildman–Crippen MR) is 53.5 cm³/mol. The zero-order chi connectivity index (χ0) is 13.0. The standard InChI is InChI=1S/C8H15N3O6/c1-3(10-11-9)16-8-7(15)6(14)5(13)4(2-12)17-8/h3-8,12-15H,2H2,1H3/t3?,4-,5-,6+,7+,8+/m1/s1. The Kier molecular flexibility index (Phi) is 5.09. The van der Waals surface area contributed by atoms with E-state index in [0.717, 1.165) is 0 Å². The molecule has 9 heteroatoms. The lowest BCUT2D eigenvalue weighted by atomic mass is 9.99. The summed E-state index contributed by atoms with van der Waals surface area (Å²) in [6.07, 6.45) is -7.69. The molecule has 1 aliphatic heterocycles. The molecule has 1 fully saturated rings. The minimum Gasteiger partial charge on any atom is -0.394 e. The highest BCUT2D eigenvalue weighted by Crippen LogP contribution is 2.22. The Bertz CT molecular complexity index is 295. The molecule has 98 valence electrons. The number of rotatable bonds is 4. The second-order valence-electron chi connectivity index (χ2n) is 3.64. The second kappa shape index (κ2) is 6.12. The monoisotopic (exact) mass is 249 g/mol. The van der Waals surface area contributed by atoms with Crippen LogP contribution in [0, 0.1) is 0 Å². The molecule has 17 heavy (non-hydrogen) atoms. The summed E-state index contributed by atoms with van der Waals surface area (Å²) in [5.74, 6) is 0. The molecule has 0 spiro atoms. The van der Waals surface area contributed by atoms with Crippen LogP contribution in [0.1, 0.15) is 6.92 Å². The molecule has 0 aromatic heterocycles. The first-order valence-corrected chi connectivity index (χ1v) is 5.01. The minimum absolute atomic E-state index is 0.541. The van der Waals surface area contributed by atoms with E-state index in [1.165, 1.54) is 6.92 Å². The van der Waals surface area contributed by atoms with Crippen LogP contribution in [0.15, 0.2) is 5.11 Å². The molecule has 1 saturated heterocycles. The highest BCUT2D eigenvalue weighted by Gasteiger charge is 2.44. The molecule has 0 amide bonds. The Labute approximate surface area is 96.8 Å². The van der Waals surface area contributed by atoms with Gasteiger partial charge in [0.15, 0.2) is 6.29 Å². The normalized spacial score (nSPS) is 39.5. The molecule has 6 atom stereocenters. The van der Waals surface area contributed by atoms with Crippen molar-refractivity contribution in [2.24, 2.45) is 5.11 Å². The quantitative estimate of drug-likeness (QED) is 0.269. The first kappa shape index (κ1) is 14.1. The van der Waals surface area contributed by atoms with Gasteiger partial charge in [0.05, 0.1) is 6.61 Å². The summed E-state index contributed by atoms with van der Waals surface area (Å²) >= 11 is 0. The van der Waals surface area contributed by atoms with Crippen molar-refractivity contribution in [3.05, 3.63) is 10.4 Å². The average Bonchev–Trinajstić information content (AvgIpc) is 2.30. The molecule has 1 rings (SSSR count). The number of ether oxygens (including phenoxy) is 2. The van der Waals surface area contributed by atoms with E-state index in [0.29, 0.717) is 0 Å². The molecule has 1 aliphatic rings. The van der Waals surface area contributed by atoms with Crippen LogP contribution in [0.2, 0.25) is 0 Å². The first-order valence-electron chi connectivity index (χ1n) is 5.01. The molecule has 0 bridgehead atoms. The van der Waals surface area contributed by atoms with Gasteiger partial charge in [0.25, 0.3) is 0 Å². The molecule has 1 unspecified atom stereocenters.